The molecule has 16 heavy (non-hydrogen) atoms. The van der Waals surface area contributed by atoms with Gasteiger partial charge in [-0.05, 0) is 38.1 Å². The summed E-state index contributed by atoms with van der Waals surface area (Å²) in [6.07, 6.45) is 4.53. The first-order valence-electron chi connectivity index (χ1n) is 6.04. The molecule has 0 fully saturated rings. The third-order valence-corrected chi connectivity index (χ3v) is 3.35. The number of nitrogens with one attached hydrogen (secondary N) is 1. The number of hydrogen-bond acceptors (Lipinski definition) is 2. The van der Waals surface area contributed by atoms with E-state index in [1.165, 1.54) is 23.3 Å². The molecule has 1 nitrogen and oxygen atoms in total. The van der Waals surface area contributed by atoms with E-state index in [-0.39, 0.29) is 0 Å². The van der Waals surface area contributed by atoms with Crippen molar-refractivity contribution in [1.82, 2.24) is 5.32 Å². The van der Waals surface area contributed by atoms with Crippen LogP contribution in [0.5, 0.6) is 0 Å². The number of hydrogen-bond donors (Lipinski definition) is 1. The molecule has 0 spiro atoms. The first-order valence-corrected chi connectivity index (χ1v) is 7.43. The monoisotopic (exact) mass is 237 g/mol. The Hall–Kier alpha value is -0.470. The Morgan fingerprint density at radius 1 is 1.38 bits per heavy atom. The van der Waals surface area contributed by atoms with Crippen molar-refractivity contribution in [2.75, 3.05) is 18.6 Å². The van der Waals surface area contributed by atoms with E-state index in [0.29, 0.717) is 6.04 Å². The Morgan fingerprint density at radius 2 is 2.19 bits per heavy atom. The van der Waals surface area contributed by atoms with Crippen LogP contribution in [-0.4, -0.2) is 24.6 Å². The molecule has 1 aromatic rings. The van der Waals surface area contributed by atoms with E-state index in [2.05, 4.69) is 49.7 Å². The largest absolute Gasteiger partial charge is 0.313 e. The summed E-state index contributed by atoms with van der Waals surface area (Å²) >= 11 is 1.92. The molecule has 1 rings (SSSR count). The van der Waals surface area contributed by atoms with Crippen molar-refractivity contribution in [2.45, 2.75) is 32.7 Å². The van der Waals surface area contributed by atoms with Crippen LogP contribution in [0.3, 0.4) is 0 Å². The van der Waals surface area contributed by atoms with Gasteiger partial charge in [-0.25, -0.2) is 0 Å². The highest BCUT2D eigenvalue weighted by atomic mass is 32.2. The number of aryl methyl sites for hydroxylation is 1. The minimum atomic E-state index is 0.608. The third-order valence-electron chi connectivity index (χ3n) is 2.62. The molecule has 0 bridgehead atoms. The topological polar surface area (TPSA) is 12.0 Å². The van der Waals surface area contributed by atoms with E-state index in [0.717, 1.165) is 13.0 Å². The normalized spacial score (nSPS) is 12.7. The summed E-state index contributed by atoms with van der Waals surface area (Å²) < 4.78 is 0. The van der Waals surface area contributed by atoms with Gasteiger partial charge in [0.2, 0.25) is 0 Å². The van der Waals surface area contributed by atoms with Crippen LogP contribution in [0.1, 0.15) is 24.5 Å². The van der Waals surface area contributed by atoms with E-state index in [9.17, 15) is 0 Å². The summed E-state index contributed by atoms with van der Waals surface area (Å²) in [5, 5.41) is 3.62. The summed E-state index contributed by atoms with van der Waals surface area (Å²) in [6.45, 7) is 5.50. The van der Waals surface area contributed by atoms with Crippen LogP contribution in [0.15, 0.2) is 24.3 Å². The van der Waals surface area contributed by atoms with Gasteiger partial charge in [0, 0.05) is 11.8 Å². The van der Waals surface area contributed by atoms with E-state index in [1.807, 2.05) is 11.8 Å². The number of thioether (sulfide) groups is 1. The average Bonchev–Trinajstić information content (AvgIpc) is 2.26. The maximum atomic E-state index is 3.62. The maximum Gasteiger partial charge on any atom is 0.0198 e. The lowest BCUT2D eigenvalue weighted by Crippen LogP contribution is -2.33. The highest BCUT2D eigenvalue weighted by Gasteiger charge is 2.07. The fourth-order valence-electron chi connectivity index (χ4n) is 1.86. The van der Waals surface area contributed by atoms with Crippen LogP contribution >= 0.6 is 11.8 Å². The zero-order valence-corrected chi connectivity index (χ0v) is 11.4. The highest BCUT2D eigenvalue weighted by molar-refractivity contribution is 7.98. The molecule has 0 saturated carbocycles. The van der Waals surface area contributed by atoms with Gasteiger partial charge in [0.1, 0.15) is 0 Å². The summed E-state index contributed by atoms with van der Waals surface area (Å²) in [7, 11) is 0. The fourth-order valence-corrected chi connectivity index (χ4v) is 2.50. The van der Waals surface area contributed by atoms with Gasteiger partial charge in [-0.2, -0.15) is 11.8 Å². The molecule has 0 saturated heterocycles. The van der Waals surface area contributed by atoms with Crippen molar-refractivity contribution in [3.8, 4) is 0 Å². The molecule has 1 N–H and O–H groups in total. The van der Waals surface area contributed by atoms with Gasteiger partial charge in [-0.15, -0.1) is 0 Å². The van der Waals surface area contributed by atoms with Crippen molar-refractivity contribution in [3.05, 3.63) is 35.4 Å². The molecule has 1 unspecified atom stereocenters. The predicted molar refractivity (Wildman–Crippen MR) is 75.3 cm³/mol. The lowest BCUT2D eigenvalue weighted by atomic mass is 10.0. The Labute approximate surface area is 104 Å². The third kappa shape index (κ3) is 5.04. The van der Waals surface area contributed by atoms with Gasteiger partial charge < -0.3 is 5.32 Å². The van der Waals surface area contributed by atoms with Gasteiger partial charge in [0.25, 0.3) is 0 Å². The van der Waals surface area contributed by atoms with Gasteiger partial charge in [-0.1, -0.05) is 36.8 Å². The van der Waals surface area contributed by atoms with E-state index >= 15 is 0 Å². The van der Waals surface area contributed by atoms with Crippen LogP contribution in [-0.2, 0) is 6.42 Å². The first kappa shape index (κ1) is 13.6. The zero-order chi connectivity index (χ0) is 11.8. The van der Waals surface area contributed by atoms with Crippen molar-refractivity contribution in [1.29, 1.82) is 0 Å². The Kier molecular flexibility index (Phi) is 6.58. The summed E-state index contributed by atoms with van der Waals surface area (Å²) in [5.41, 5.74) is 2.80. The lowest BCUT2D eigenvalue weighted by Gasteiger charge is -2.17. The SMILES string of the molecule is CCCNC(CSC)Cc1cccc(C)c1. The molecule has 0 amide bonds. The van der Waals surface area contributed by atoms with Crippen LogP contribution in [0.2, 0.25) is 0 Å². The van der Waals surface area contributed by atoms with Crippen LogP contribution < -0.4 is 5.32 Å². The van der Waals surface area contributed by atoms with E-state index in [4.69, 9.17) is 0 Å². The minimum absolute atomic E-state index is 0.608. The molecule has 90 valence electrons. The molecule has 0 radical (unpaired) electrons. The molecule has 0 aliphatic heterocycles. The highest BCUT2D eigenvalue weighted by Crippen LogP contribution is 2.09. The molecule has 0 aliphatic carbocycles. The minimum Gasteiger partial charge on any atom is -0.313 e. The van der Waals surface area contributed by atoms with Crippen molar-refractivity contribution in [2.24, 2.45) is 0 Å². The molecule has 1 aromatic carbocycles. The standard InChI is InChI=1S/C14H23NS/c1-4-8-15-14(11-16-3)10-13-7-5-6-12(2)9-13/h5-7,9,14-15H,4,8,10-11H2,1-3H3. The Bertz CT molecular complexity index is 299. The molecule has 1 atom stereocenters. The van der Waals surface area contributed by atoms with Crippen molar-refractivity contribution >= 4 is 11.8 Å². The average molecular weight is 237 g/mol. The molecule has 0 aliphatic rings. The number of rotatable bonds is 7. The second kappa shape index (κ2) is 7.75. The molecular formula is C14H23NS. The smallest absolute Gasteiger partial charge is 0.0198 e. The van der Waals surface area contributed by atoms with Crippen LogP contribution in [0.4, 0.5) is 0 Å². The van der Waals surface area contributed by atoms with Crippen molar-refractivity contribution < 1.29 is 0 Å². The Morgan fingerprint density at radius 3 is 2.81 bits per heavy atom. The quantitative estimate of drug-likeness (QED) is 0.781. The van der Waals surface area contributed by atoms with E-state index < -0.39 is 0 Å². The second-order valence-corrected chi connectivity index (χ2v) is 5.21. The van der Waals surface area contributed by atoms with Gasteiger partial charge in [0.15, 0.2) is 0 Å². The van der Waals surface area contributed by atoms with Crippen molar-refractivity contribution in [3.63, 3.8) is 0 Å². The zero-order valence-electron chi connectivity index (χ0n) is 10.6. The molecule has 0 heterocycles. The first-order chi connectivity index (χ1) is 7.76. The second-order valence-electron chi connectivity index (χ2n) is 4.30. The predicted octanol–water partition coefficient (Wildman–Crippen LogP) is 3.27. The lowest BCUT2D eigenvalue weighted by molar-refractivity contribution is 0.550. The Balaban J connectivity index is 2.52. The molecular weight excluding hydrogens is 214 g/mol. The van der Waals surface area contributed by atoms with Gasteiger partial charge >= 0.3 is 0 Å². The molecule has 2 heteroatoms. The summed E-state index contributed by atoms with van der Waals surface area (Å²) in [6, 6.07) is 9.44. The van der Waals surface area contributed by atoms with Crippen LogP contribution in [0.25, 0.3) is 0 Å². The summed E-state index contributed by atoms with van der Waals surface area (Å²) in [5.74, 6) is 1.19. The maximum absolute atomic E-state index is 3.62. The fraction of sp³-hybridized carbons (Fsp3) is 0.571. The van der Waals surface area contributed by atoms with Gasteiger partial charge in [0.05, 0.1) is 0 Å². The van der Waals surface area contributed by atoms with Crippen LogP contribution in [0, 0.1) is 6.92 Å². The number of benzene rings is 1. The van der Waals surface area contributed by atoms with E-state index in [1.54, 1.807) is 0 Å². The molecule has 0 aromatic heterocycles. The van der Waals surface area contributed by atoms with Gasteiger partial charge in [-0.3, -0.25) is 0 Å². The summed E-state index contributed by atoms with van der Waals surface area (Å²) in [4.78, 5) is 0.